The van der Waals surface area contributed by atoms with Gasteiger partial charge in [0.05, 0.1) is 13.5 Å². The molecule has 0 aliphatic rings. The summed E-state index contributed by atoms with van der Waals surface area (Å²) in [7, 11) is 1.39. The molecule has 0 amide bonds. The molecule has 83 valence electrons. The van der Waals surface area contributed by atoms with Crippen molar-refractivity contribution in [2.24, 2.45) is 0 Å². The normalized spacial score (nSPS) is 6.31. The molecule has 0 spiro atoms. The zero-order valence-corrected chi connectivity index (χ0v) is 18.7. The summed E-state index contributed by atoms with van der Waals surface area (Å²) in [5.74, 6) is -0.198. The van der Waals surface area contributed by atoms with E-state index in [4.69, 9.17) is 0 Å². The molecular weight excluding hydrogens is 431 g/mol. The van der Waals surface area contributed by atoms with Crippen LogP contribution in [0.2, 0.25) is 0 Å². The van der Waals surface area contributed by atoms with Crippen LogP contribution < -0.4 is 0 Å². The fourth-order valence-corrected chi connectivity index (χ4v) is 0.835. The minimum Gasteiger partial charge on any atom is -0.469 e. The second kappa shape index (κ2) is 19.3. The monoisotopic (exact) mass is 447 g/mol. The SMILES string of the molecule is COC(=O)Cc1ccccc1.[CH3-].[CH3-].[Y].[Y].[Y]. The minimum atomic E-state index is -0.198. The molecule has 1 aromatic carbocycles. The van der Waals surface area contributed by atoms with Crippen LogP contribution in [0.3, 0.4) is 0 Å². The van der Waals surface area contributed by atoms with Crippen molar-refractivity contribution in [1.29, 1.82) is 0 Å². The van der Waals surface area contributed by atoms with E-state index < -0.39 is 0 Å². The average Bonchev–Trinajstić information content (AvgIpc) is 2.06. The van der Waals surface area contributed by atoms with Gasteiger partial charge in [-0.3, -0.25) is 4.79 Å². The van der Waals surface area contributed by atoms with E-state index in [1.807, 2.05) is 30.3 Å². The molecule has 0 aliphatic carbocycles. The van der Waals surface area contributed by atoms with E-state index in [0.29, 0.717) is 6.42 Å². The topological polar surface area (TPSA) is 26.3 Å². The second-order valence-electron chi connectivity index (χ2n) is 2.24. The Bertz CT molecular complexity index is 240. The summed E-state index contributed by atoms with van der Waals surface area (Å²) < 4.78 is 4.52. The number of rotatable bonds is 2. The standard InChI is InChI=1S/C9H10O2.2CH3.3Y/c1-11-9(10)7-8-5-3-2-4-6-8;;;;;/h2-6H,7H2,1H3;2*1H3;;;/q;2*-1;;;. The van der Waals surface area contributed by atoms with Crippen LogP contribution in [0, 0.1) is 14.9 Å². The zero-order chi connectivity index (χ0) is 8.10. The van der Waals surface area contributed by atoms with Crippen molar-refractivity contribution in [2.75, 3.05) is 7.11 Å². The van der Waals surface area contributed by atoms with Crippen molar-refractivity contribution in [3.05, 3.63) is 50.7 Å². The number of hydrogen-bond donors (Lipinski definition) is 0. The van der Waals surface area contributed by atoms with Crippen LogP contribution in [0.5, 0.6) is 0 Å². The molecule has 0 unspecified atom stereocenters. The van der Waals surface area contributed by atoms with Gasteiger partial charge in [-0.25, -0.2) is 0 Å². The van der Waals surface area contributed by atoms with Gasteiger partial charge in [0.15, 0.2) is 0 Å². The molecule has 5 heteroatoms. The van der Waals surface area contributed by atoms with Crippen LogP contribution in [0.25, 0.3) is 0 Å². The summed E-state index contributed by atoms with van der Waals surface area (Å²) in [4.78, 5) is 10.8. The maximum Gasteiger partial charge on any atom is 0.309 e. The molecule has 0 heterocycles. The van der Waals surface area contributed by atoms with Crippen molar-refractivity contribution in [3.8, 4) is 0 Å². The Labute approximate surface area is 175 Å². The van der Waals surface area contributed by atoms with E-state index >= 15 is 0 Å². The van der Waals surface area contributed by atoms with E-state index in [2.05, 4.69) is 4.74 Å². The van der Waals surface area contributed by atoms with E-state index in [1.165, 1.54) is 7.11 Å². The Morgan fingerprint density at radius 2 is 1.50 bits per heavy atom. The van der Waals surface area contributed by atoms with Crippen molar-refractivity contribution in [1.82, 2.24) is 0 Å². The Kier molecular flexibility index (Phi) is 37.2. The zero-order valence-electron chi connectivity index (χ0n) is 10.1. The quantitative estimate of drug-likeness (QED) is 0.514. The molecule has 0 aliphatic heterocycles. The Morgan fingerprint density at radius 3 is 1.88 bits per heavy atom. The van der Waals surface area contributed by atoms with Crippen LogP contribution in [-0.2, 0) is 114 Å². The van der Waals surface area contributed by atoms with Gasteiger partial charge in [0.1, 0.15) is 0 Å². The van der Waals surface area contributed by atoms with E-state index in [0.717, 1.165) is 5.56 Å². The molecule has 1 aromatic rings. The fraction of sp³-hybridized carbons (Fsp3) is 0.182. The molecular formula is C11H16O2Y3-2. The van der Waals surface area contributed by atoms with Gasteiger partial charge in [0, 0.05) is 98.1 Å². The summed E-state index contributed by atoms with van der Waals surface area (Å²) in [6.45, 7) is 0. The van der Waals surface area contributed by atoms with Gasteiger partial charge in [-0.15, -0.1) is 0 Å². The van der Waals surface area contributed by atoms with Crippen LogP contribution in [0.4, 0.5) is 0 Å². The summed E-state index contributed by atoms with van der Waals surface area (Å²) in [6, 6.07) is 9.52. The van der Waals surface area contributed by atoms with Crippen LogP contribution in [0.15, 0.2) is 30.3 Å². The molecule has 0 N–H and O–H groups in total. The fourth-order valence-electron chi connectivity index (χ4n) is 0.835. The number of carbonyl (C=O) groups excluding carboxylic acids is 1. The Hall–Kier alpha value is 2.00. The van der Waals surface area contributed by atoms with Crippen molar-refractivity contribution < 1.29 is 108 Å². The first kappa shape index (κ1) is 30.8. The molecule has 0 saturated carbocycles. The molecule has 0 saturated heterocycles. The van der Waals surface area contributed by atoms with E-state index in [9.17, 15) is 4.79 Å². The van der Waals surface area contributed by atoms with Gasteiger partial charge in [-0.2, -0.15) is 0 Å². The summed E-state index contributed by atoms with van der Waals surface area (Å²) in [5.41, 5.74) is 0.986. The molecule has 0 atom stereocenters. The maximum atomic E-state index is 10.8. The van der Waals surface area contributed by atoms with E-state index in [1.54, 1.807) is 0 Å². The van der Waals surface area contributed by atoms with Crippen LogP contribution in [0.1, 0.15) is 5.56 Å². The average molecular weight is 447 g/mol. The largest absolute Gasteiger partial charge is 0.469 e. The molecule has 3 radical (unpaired) electrons. The summed E-state index contributed by atoms with van der Waals surface area (Å²) in [5, 5.41) is 0. The molecule has 0 fully saturated rings. The predicted molar refractivity (Wildman–Crippen MR) is 55.0 cm³/mol. The number of esters is 1. The number of carbonyl (C=O) groups is 1. The Balaban J connectivity index is -0.0000000807. The van der Waals surface area contributed by atoms with E-state index in [-0.39, 0.29) is 119 Å². The Morgan fingerprint density at radius 1 is 1.06 bits per heavy atom. The van der Waals surface area contributed by atoms with Crippen molar-refractivity contribution in [3.63, 3.8) is 0 Å². The molecule has 0 bridgehead atoms. The van der Waals surface area contributed by atoms with Gasteiger partial charge in [0.2, 0.25) is 0 Å². The number of benzene rings is 1. The number of methoxy groups -OCH3 is 1. The van der Waals surface area contributed by atoms with Crippen LogP contribution >= 0.6 is 0 Å². The third-order valence-electron chi connectivity index (χ3n) is 1.42. The first-order chi connectivity index (χ1) is 5.33. The van der Waals surface area contributed by atoms with Gasteiger partial charge < -0.3 is 19.6 Å². The second-order valence-corrected chi connectivity index (χ2v) is 2.24. The van der Waals surface area contributed by atoms with Gasteiger partial charge in [0.25, 0.3) is 0 Å². The van der Waals surface area contributed by atoms with Crippen LogP contribution in [-0.4, -0.2) is 13.1 Å². The van der Waals surface area contributed by atoms with Gasteiger partial charge >= 0.3 is 5.97 Å². The van der Waals surface area contributed by atoms with Gasteiger partial charge in [-0.05, 0) is 5.56 Å². The number of ether oxygens (including phenoxy) is 1. The predicted octanol–water partition coefficient (Wildman–Crippen LogP) is 2.30. The molecule has 1 rings (SSSR count). The summed E-state index contributed by atoms with van der Waals surface area (Å²) >= 11 is 0. The molecule has 0 aromatic heterocycles. The first-order valence-electron chi connectivity index (χ1n) is 3.43. The number of hydrogen-bond acceptors (Lipinski definition) is 2. The third-order valence-corrected chi connectivity index (χ3v) is 1.42. The summed E-state index contributed by atoms with van der Waals surface area (Å²) in [6.07, 6.45) is 0.358. The molecule has 2 nitrogen and oxygen atoms in total. The minimum absolute atomic E-state index is 0. The molecule has 16 heavy (non-hydrogen) atoms. The maximum absolute atomic E-state index is 10.8. The third kappa shape index (κ3) is 14.1. The first-order valence-corrected chi connectivity index (χ1v) is 3.43. The van der Waals surface area contributed by atoms with Crippen molar-refractivity contribution >= 4 is 5.97 Å². The van der Waals surface area contributed by atoms with Crippen molar-refractivity contribution in [2.45, 2.75) is 6.42 Å². The van der Waals surface area contributed by atoms with Gasteiger partial charge in [-0.1, -0.05) is 30.3 Å². The smallest absolute Gasteiger partial charge is 0.309 e.